The van der Waals surface area contributed by atoms with Crippen LogP contribution < -0.4 is 29.6 Å². The van der Waals surface area contributed by atoms with Crippen LogP contribution in [0.1, 0.15) is 20.8 Å². The molecule has 3 aromatic rings. The van der Waals surface area contributed by atoms with Gasteiger partial charge in [0.25, 0.3) is 11.8 Å². The number of carbonyl (C=O) groups is 2. The average molecular weight is 497 g/mol. The zero-order chi connectivity index (χ0) is 25.2. The molecule has 0 aliphatic heterocycles. The third kappa shape index (κ3) is 6.77. The van der Waals surface area contributed by atoms with Gasteiger partial charge in [-0.15, -0.1) is 11.3 Å². The molecular weight excluding hydrogens is 468 g/mol. The van der Waals surface area contributed by atoms with Crippen molar-refractivity contribution in [2.45, 2.75) is 6.42 Å². The Balaban J connectivity index is 1.71. The summed E-state index contributed by atoms with van der Waals surface area (Å²) in [7, 11) is 6.17. The minimum Gasteiger partial charge on any atom is -0.493 e. The lowest BCUT2D eigenvalue weighted by molar-refractivity contribution is -0.117. The van der Waals surface area contributed by atoms with Gasteiger partial charge in [-0.3, -0.25) is 9.59 Å². The van der Waals surface area contributed by atoms with Crippen molar-refractivity contribution < 1.29 is 28.5 Å². The van der Waals surface area contributed by atoms with E-state index in [9.17, 15) is 9.59 Å². The minimum absolute atomic E-state index is 0.138. The van der Waals surface area contributed by atoms with E-state index in [1.807, 2.05) is 35.7 Å². The van der Waals surface area contributed by atoms with Crippen molar-refractivity contribution in [1.82, 2.24) is 10.6 Å². The topological polar surface area (TPSA) is 95.1 Å². The number of carbonyl (C=O) groups excluding carboxylic acids is 2. The molecule has 0 bridgehead atoms. The van der Waals surface area contributed by atoms with Crippen molar-refractivity contribution in [2.24, 2.45) is 0 Å². The molecule has 0 aliphatic carbocycles. The molecule has 1 heterocycles. The van der Waals surface area contributed by atoms with Gasteiger partial charge in [0.15, 0.2) is 23.0 Å². The van der Waals surface area contributed by atoms with Crippen molar-refractivity contribution in [3.05, 3.63) is 75.6 Å². The van der Waals surface area contributed by atoms with E-state index in [1.165, 1.54) is 25.6 Å². The van der Waals surface area contributed by atoms with Crippen LogP contribution in [0.5, 0.6) is 23.0 Å². The van der Waals surface area contributed by atoms with Gasteiger partial charge in [-0.2, -0.15) is 0 Å². The highest BCUT2D eigenvalue weighted by Gasteiger charge is 2.17. The van der Waals surface area contributed by atoms with Crippen molar-refractivity contribution in [3.63, 3.8) is 0 Å². The third-order valence-electron chi connectivity index (χ3n) is 5.12. The van der Waals surface area contributed by atoms with Gasteiger partial charge in [0.2, 0.25) is 0 Å². The molecule has 35 heavy (non-hydrogen) atoms. The molecule has 0 saturated carbocycles. The SMILES string of the molecule is COc1ccc(CCNC(=O)/C(=C/c2cccs2)NC(=O)c2ccc(OC)c(OC)c2)cc1OC. The molecule has 0 radical (unpaired) electrons. The van der Waals surface area contributed by atoms with E-state index in [1.54, 1.807) is 38.5 Å². The minimum atomic E-state index is -0.441. The van der Waals surface area contributed by atoms with Gasteiger partial charge in [-0.1, -0.05) is 12.1 Å². The zero-order valence-corrected chi connectivity index (χ0v) is 20.9. The van der Waals surface area contributed by atoms with Crippen LogP contribution in [0.3, 0.4) is 0 Å². The summed E-state index contributed by atoms with van der Waals surface area (Å²) in [5.41, 5.74) is 1.44. The Labute approximate surface area is 208 Å². The Morgan fingerprint density at radius 3 is 2.14 bits per heavy atom. The maximum Gasteiger partial charge on any atom is 0.267 e. The van der Waals surface area contributed by atoms with Gasteiger partial charge >= 0.3 is 0 Å². The summed E-state index contributed by atoms with van der Waals surface area (Å²) in [5, 5.41) is 7.50. The molecule has 0 saturated heterocycles. The number of benzene rings is 2. The van der Waals surface area contributed by atoms with E-state index in [4.69, 9.17) is 18.9 Å². The molecular formula is C26H28N2O6S. The first-order valence-corrected chi connectivity index (χ1v) is 11.6. The molecule has 0 unspecified atom stereocenters. The fourth-order valence-corrected chi connectivity index (χ4v) is 3.96. The maximum absolute atomic E-state index is 13.0. The molecule has 8 nitrogen and oxygen atoms in total. The predicted octanol–water partition coefficient (Wildman–Crippen LogP) is 3.91. The first-order chi connectivity index (χ1) is 17.0. The largest absolute Gasteiger partial charge is 0.493 e. The fraction of sp³-hybridized carbons (Fsp3) is 0.231. The molecule has 2 N–H and O–H groups in total. The lowest BCUT2D eigenvalue weighted by atomic mass is 10.1. The second-order valence-corrected chi connectivity index (χ2v) is 8.27. The number of nitrogens with one attached hydrogen (secondary N) is 2. The van der Waals surface area contributed by atoms with E-state index in [0.29, 0.717) is 41.5 Å². The molecule has 0 spiro atoms. The Bertz CT molecular complexity index is 1190. The molecule has 9 heteroatoms. The number of methoxy groups -OCH3 is 4. The van der Waals surface area contributed by atoms with Gasteiger partial charge in [0.05, 0.1) is 28.4 Å². The zero-order valence-electron chi connectivity index (χ0n) is 20.0. The monoisotopic (exact) mass is 496 g/mol. The second kappa shape index (κ2) is 12.5. The lowest BCUT2D eigenvalue weighted by Gasteiger charge is -2.13. The summed E-state index contributed by atoms with van der Waals surface area (Å²) in [6.45, 7) is 0.363. The number of hydrogen-bond acceptors (Lipinski definition) is 7. The number of thiophene rings is 1. The first-order valence-electron chi connectivity index (χ1n) is 10.8. The summed E-state index contributed by atoms with van der Waals surface area (Å²) in [6, 6.07) is 14.1. The number of hydrogen-bond donors (Lipinski definition) is 2. The Kier molecular flexibility index (Phi) is 9.14. The highest BCUT2D eigenvalue weighted by Crippen LogP contribution is 2.28. The summed E-state index contributed by atoms with van der Waals surface area (Å²) >= 11 is 1.46. The van der Waals surface area contributed by atoms with Crippen LogP contribution in [0.15, 0.2) is 59.6 Å². The van der Waals surface area contributed by atoms with Gasteiger partial charge in [0, 0.05) is 17.0 Å². The molecule has 0 aliphatic rings. The Morgan fingerprint density at radius 1 is 0.857 bits per heavy atom. The third-order valence-corrected chi connectivity index (χ3v) is 5.93. The predicted molar refractivity (Wildman–Crippen MR) is 136 cm³/mol. The molecule has 0 atom stereocenters. The second-order valence-electron chi connectivity index (χ2n) is 7.29. The summed E-state index contributed by atoms with van der Waals surface area (Å²) in [5.74, 6) is 1.35. The lowest BCUT2D eigenvalue weighted by Crippen LogP contribution is -2.35. The maximum atomic E-state index is 13.0. The Hall–Kier alpha value is -3.98. The van der Waals surface area contributed by atoms with Crippen molar-refractivity contribution >= 4 is 29.2 Å². The van der Waals surface area contributed by atoms with Crippen molar-refractivity contribution in [3.8, 4) is 23.0 Å². The van der Waals surface area contributed by atoms with Crippen LogP contribution in [-0.2, 0) is 11.2 Å². The van der Waals surface area contributed by atoms with Crippen LogP contribution in [-0.4, -0.2) is 46.8 Å². The van der Waals surface area contributed by atoms with Crippen molar-refractivity contribution in [2.75, 3.05) is 35.0 Å². The fourth-order valence-electron chi connectivity index (χ4n) is 3.30. The molecule has 3 rings (SSSR count). The van der Waals surface area contributed by atoms with Gasteiger partial charge in [-0.25, -0.2) is 0 Å². The van der Waals surface area contributed by atoms with Gasteiger partial charge in [-0.05, 0) is 59.8 Å². The summed E-state index contributed by atoms with van der Waals surface area (Å²) < 4.78 is 21.1. The quantitative estimate of drug-likeness (QED) is 0.391. The van der Waals surface area contributed by atoms with Crippen LogP contribution in [0.2, 0.25) is 0 Å². The highest BCUT2D eigenvalue weighted by molar-refractivity contribution is 7.10. The standard InChI is InChI=1S/C26H28N2O6S/c1-31-21-9-7-17(14-23(21)33-3)11-12-27-26(30)20(16-19-6-5-13-35-19)28-25(29)18-8-10-22(32-2)24(15-18)34-4/h5-10,13-16H,11-12H2,1-4H3,(H,27,30)(H,28,29)/b20-16-. The van der Waals surface area contributed by atoms with Gasteiger partial charge < -0.3 is 29.6 Å². The molecule has 1 aromatic heterocycles. The number of amides is 2. The van der Waals surface area contributed by atoms with Crippen LogP contribution >= 0.6 is 11.3 Å². The van der Waals surface area contributed by atoms with Crippen LogP contribution in [0.25, 0.3) is 6.08 Å². The smallest absolute Gasteiger partial charge is 0.267 e. The summed E-state index contributed by atoms with van der Waals surface area (Å²) in [4.78, 5) is 26.8. The van der Waals surface area contributed by atoms with Gasteiger partial charge in [0.1, 0.15) is 5.70 Å². The van der Waals surface area contributed by atoms with Crippen LogP contribution in [0.4, 0.5) is 0 Å². The van der Waals surface area contributed by atoms with Crippen LogP contribution in [0, 0.1) is 0 Å². The molecule has 0 fully saturated rings. The van der Waals surface area contributed by atoms with E-state index in [0.717, 1.165) is 10.4 Å². The number of ether oxygens (including phenoxy) is 4. The Morgan fingerprint density at radius 2 is 1.51 bits per heavy atom. The van der Waals surface area contributed by atoms with E-state index < -0.39 is 11.8 Å². The van der Waals surface area contributed by atoms with E-state index in [-0.39, 0.29) is 5.70 Å². The normalized spacial score (nSPS) is 10.9. The molecule has 2 amide bonds. The first kappa shape index (κ1) is 25.6. The molecule has 184 valence electrons. The number of rotatable bonds is 11. The highest BCUT2D eigenvalue weighted by atomic mass is 32.1. The van der Waals surface area contributed by atoms with Crippen molar-refractivity contribution in [1.29, 1.82) is 0 Å². The van der Waals surface area contributed by atoms with E-state index in [2.05, 4.69) is 10.6 Å². The summed E-state index contributed by atoms with van der Waals surface area (Å²) in [6.07, 6.45) is 2.22. The molecule has 2 aromatic carbocycles. The average Bonchev–Trinajstić information content (AvgIpc) is 3.40. The van der Waals surface area contributed by atoms with E-state index >= 15 is 0 Å².